The van der Waals surface area contributed by atoms with E-state index in [1.165, 1.54) is 11.3 Å². The number of aromatic hydroxyl groups is 1. The molecule has 0 amide bonds. The summed E-state index contributed by atoms with van der Waals surface area (Å²) in [6.07, 6.45) is 0. The van der Waals surface area contributed by atoms with Crippen molar-refractivity contribution < 1.29 is 5.11 Å². The molecule has 0 spiro atoms. The second kappa shape index (κ2) is 2.54. The summed E-state index contributed by atoms with van der Waals surface area (Å²) in [5.41, 5.74) is 6.29. The van der Waals surface area contributed by atoms with Gasteiger partial charge in [-0.1, -0.05) is 11.6 Å². The van der Waals surface area contributed by atoms with Crippen LogP contribution >= 0.6 is 22.9 Å². The average molecular weight is 200 g/mol. The van der Waals surface area contributed by atoms with Gasteiger partial charge in [0.25, 0.3) is 0 Å². The monoisotopic (exact) mass is 199 g/mol. The molecule has 0 unspecified atom stereocenters. The third kappa shape index (κ3) is 0.940. The highest BCUT2D eigenvalue weighted by Crippen LogP contribution is 2.39. The molecule has 62 valence electrons. The molecule has 1 aromatic carbocycles. The van der Waals surface area contributed by atoms with Crippen molar-refractivity contribution in [3.8, 4) is 5.75 Å². The maximum absolute atomic E-state index is 9.41. The number of hydrogen-bond donors (Lipinski definition) is 2. The molecule has 0 saturated heterocycles. The van der Waals surface area contributed by atoms with Gasteiger partial charge in [0.2, 0.25) is 0 Å². The minimum absolute atomic E-state index is 0.233. The minimum Gasteiger partial charge on any atom is -0.506 e. The van der Waals surface area contributed by atoms with Gasteiger partial charge < -0.3 is 10.8 Å². The number of phenolic OH excluding ortho intramolecular Hbond substituents is 1. The molecule has 0 atom stereocenters. The minimum atomic E-state index is 0.233. The SMILES string of the molecule is Nc1ccc(O)c2scc(Cl)c12. The fourth-order valence-electron chi connectivity index (χ4n) is 1.12. The predicted molar refractivity (Wildman–Crippen MR) is 52.9 cm³/mol. The van der Waals surface area contributed by atoms with E-state index in [0.717, 1.165) is 10.1 Å². The summed E-state index contributed by atoms with van der Waals surface area (Å²) in [4.78, 5) is 0. The first-order chi connectivity index (χ1) is 5.70. The lowest BCUT2D eigenvalue weighted by Crippen LogP contribution is -1.84. The van der Waals surface area contributed by atoms with Crippen LogP contribution in [0.25, 0.3) is 10.1 Å². The molecule has 1 aromatic heterocycles. The Hall–Kier alpha value is -0.930. The predicted octanol–water partition coefficient (Wildman–Crippen LogP) is 2.84. The maximum atomic E-state index is 9.41. The highest BCUT2D eigenvalue weighted by Gasteiger charge is 2.08. The van der Waals surface area contributed by atoms with Gasteiger partial charge in [-0.15, -0.1) is 11.3 Å². The van der Waals surface area contributed by atoms with Crippen molar-refractivity contribution in [2.75, 3.05) is 5.73 Å². The molecule has 2 rings (SSSR count). The molecule has 1 heterocycles. The molecule has 0 aliphatic rings. The Morgan fingerprint density at radius 1 is 1.42 bits per heavy atom. The summed E-state index contributed by atoms with van der Waals surface area (Å²) in [7, 11) is 0. The van der Waals surface area contributed by atoms with Crippen molar-refractivity contribution >= 4 is 38.7 Å². The number of nitrogen functional groups attached to an aromatic ring is 1. The molecule has 2 nitrogen and oxygen atoms in total. The van der Waals surface area contributed by atoms with Crippen LogP contribution in [0.2, 0.25) is 5.02 Å². The summed E-state index contributed by atoms with van der Waals surface area (Å²) >= 11 is 7.26. The molecule has 0 aliphatic carbocycles. The molecule has 0 bridgehead atoms. The first kappa shape index (κ1) is 7.71. The number of nitrogens with two attached hydrogens (primary N) is 1. The van der Waals surface area contributed by atoms with Gasteiger partial charge in [-0.05, 0) is 12.1 Å². The van der Waals surface area contributed by atoms with E-state index < -0.39 is 0 Å². The van der Waals surface area contributed by atoms with Gasteiger partial charge in [0.05, 0.1) is 9.72 Å². The van der Waals surface area contributed by atoms with E-state index in [0.29, 0.717) is 10.7 Å². The second-order valence-corrected chi connectivity index (χ2v) is 3.75. The van der Waals surface area contributed by atoms with Crippen LogP contribution in [-0.4, -0.2) is 5.11 Å². The highest BCUT2D eigenvalue weighted by atomic mass is 35.5. The Kier molecular flexibility index (Phi) is 1.63. The van der Waals surface area contributed by atoms with Crippen LogP contribution in [0.4, 0.5) is 5.69 Å². The van der Waals surface area contributed by atoms with E-state index in [2.05, 4.69) is 0 Å². The lowest BCUT2D eigenvalue weighted by Gasteiger charge is -1.98. The second-order valence-electron chi connectivity index (χ2n) is 2.46. The first-order valence-corrected chi connectivity index (χ1v) is 4.60. The van der Waals surface area contributed by atoms with Crippen LogP contribution in [0, 0.1) is 0 Å². The molecule has 3 N–H and O–H groups in total. The molecule has 12 heavy (non-hydrogen) atoms. The van der Waals surface area contributed by atoms with E-state index in [-0.39, 0.29) is 5.75 Å². The molecule has 0 fully saturated rings. The van der Waals surface area contributed by atoms with Gasteiger partial charge in [-0.3, -0.25) is 0 Å². The Morgan fingerprint density at radius 3 is 2.83 bits per heavy atom. The number of phenols is 1. The van der Waals surface area contributed by atoms with E-state index in [1.54, 1.807) is 17.5 Å². The van der Waals surface area contributed by atoms with Crippen LogP contribution in [0.15, 0.2) is 17.5 Å². The fraction of sp³-hybridized carbons (Fsp3) is 0. The number of anilines is 1. The van der Waals surface area contributed by atoms with E-state index in [1.807, 2.05) is 0 Å². The van der Waals surface area contributed by atoms with Gasteiger partial charge in [0.1, 0.15) is 5.75 Å². The Morgan fingerprint density at radius 2 is 2.17 bits per heavy atom. The van der Waals surface area contributed by atoms with Crippen LogP contribution in [0.1, 0.15) is 0 Å². The molecular formula is C8H6ClNOS. The Balaban J connectivity index is 2.98. The molecule has 0 radical (unpaired) electrons. The largest absolute Gasteiger partial charge is 0.506 e. The fourth-order valence-corrected chi connectivity index (χ4v) is 2.39. The molecule has 0 saturated carbocycles. The molecular weight excluding hydrogens is 194 g/mol. The van der Waals surface area contributed by atoms with Gasteiger partial charge >= 0.3 is 0 Å². The van der Waals surface area contributed by atoms with Gasteiger partial charge in [0.15, 0.2) is 0 Å². The summed E-state index contributed by atoms with van der Waals surface area (Å²) in [5, 5.41) is 12.5. The van der Waals surface area contributed by atoms with E-state index in [4.69, 9.17) is 17.3 Å². The normalized spacial score (nSPS) is 10.8. The third-order valence-corrected chi connectivity index (χ3v) is 3.12. The lowest BCUT2D eigenvalue weighted by atomic mass is 10.2. The van der Waals surface area contributed by atoms with Crippen LogP contribution in [-0.2, 0) is 0 Å². The van der Waals surface area contributed by atoms with Gasteiger partial charge in [-0.25, -0.2) is 0 Å². The molecule has 4 heteroatoms. The average Bonchev–Trinajstić information content (AvgIpc) is 2.42. The number of halogens is 1. The molecule has 2 aromatic rings. The number of benzene rings is 1. The molecule has 0 aliphatic heterocycles. The topological polar surface area (TPSA) is 46.2 Å². The summed E-state index contributed by atoms with van der Waals surface area (Å²) < 4.78 is 0.750. The van der Waals surface area contributed by atoms with Crippen molar-refractivity contribution in [3.63, 3.8) is 0 Å². The third-order valence-electron chi connectivity index (χ3n) is 1.69. The quantitative estimate of drug-likeness (QED) is 0.506. The Labute approximate surface area is 78.2 Å². The zero-order valence-corrected chi connectivity index (χ0v) is 7.62. The maximum Gasteiger partial charge on any atom is 0.133 e. The van der Waals surface area contributed by atoms with Crippen LogP contribution in [0.3, 0.4) is 0 Å². The zero-order chi connectivity index (χ0) is 8.72. The van der Waals surface area contributed by atoms with Gasteiger partial charge in [0, 0.05) is 16.5 Å². The van der Waals surface area contributed by atoms with Crippen molar-refractivity contribution in [1.29, 1.82) is 0 Å². The van der Waals surface area contributed by atoms with Crippen molar-refractivity contribution in [3.05, 3.63) is 22.5 Å². The van der Waals surface area contributed by atoms with Crippen molar-refractivity contribution in [1.82, 2.24) is 0 Å². The lowest BCUT2D eigenvalue weighted by molar-refractivity contribution is 0.482. The number of fused-ring (bicyclic) bond motifs is 1. The summed E-state index contributed by atoms with van der Waals surface area (Å²) in [5.74, 6) is 0.233. The zero-order valence-electron chi connectivity index (χ0n) is 6.04. The van der Waals surface area contributed by atoms with Gasteiger partial charge in [-0.2, -0.15) is 0 Å². The van der Waals surface area contributed by atoms with Crippen molar-refractivity contribution in [2.45, 2.75) is 0 Å². The summed E-state index contributed by atoms with van der Waals surface area (Å²) in [6, 6.07) is 3.22. The van der Waals surface area contributed by atoms with E-state index in [9.17, 15) is 5.11 Å². The number of rotatable bonds is 0. The standard InChI is InChI=1S/C8H6ClNOS/c9-4-3-12-8-6(11)2-1-5(10)7(4)8/h1-3,11H,10H2. The highest BCUT2D eigenvalue weighted by molar-refractivity contribution is 7.18. The van der Waals surface area contributed by atoms with Crippen LogP contribution in [0.5, 0.6) is 5.75 Å². The smallest absolute Gasteiger partial charge is 0.133 e. The first-order valence-electron chi connectivity index (χ1n) is 3.34. The van der Waals surface area contributed by atoms with Crippen LogP contribution < -0.4 is 5.73 Å². The number of hydrogen-bond acceptors (Lipinski definition) is 3. The van der Waals surface area contributed by atoms with E-state index >= 15 is 0 Å². The summed E-state index contributed by atoms with van der Waals surface area (Å²) in [6.45, 7) is 0. The Bertz CT molecular complexity index is 438. The van der Waals surface area contributed by atoms with Crippen molar-refractivity contribution in [2.24, 2.45) is 0 Å². The number of thiophene rings is 1.